The van der Waals surface area contributed by atoms with Crippen LogP contribution in [0.25, 0.3) is 0 Å². The predicted octanol–water partition coefficient (Wildman–Crippen LogP) is 1.69. The minimum atomic E-state index is -0.113. The van der Waals surface area contributed by atoms with Crippen molar-refractivity contribution < 1.29 is 9.90 Å². The van der Waals surface area contributed by atoms with E-state index >= 15 is 0 Å². The number of halogens is 1. The zero-order valence-corrected chi connectivity index (χ0v) is 10.9. The van der Waals surface area contributed by atoms with Gasteiger partial charge in [-0.15, -0.1) is 0 Å². The Hall–Kier alpha value is -0.940. The van der Waals surface area contributed by atoms with Crippen molar-refractivity contribution in [1.82, 2.24) is 9.88 Å². The Morgan fingerprint density at radius 1 is 1.56 bits per heavy atom. The largest absolute Gasteiger partial charge is 0.395 e. The van der Waals surface area contributed by atoms with Crippen LogP contribution in [0.3, 0.4) is 0 Å². The SMILES string of the molecule is CC(C)N(CCO)C(=O)c1cncc(Br)c1. The quantitative estimate of drug-likeness (QED) is 0.916. The van der Waals surface area contributed by atoms with Crippen LogP contribution in [0.5, 0.6) is 0 Å². The molecule has 0 aromatic carbocycles. The molecule has 4 nitrogen and oxygen atoms in total. The lowest BCUT2D eigenvalue weighted by Crippen LogP contribution is -2.39. The third kappa shape index (κ3) is 3.28. The highest BCUT2D eigenvalue weighted by molar-refractivity contribution is 9.10. The summed E-state index contributed by atoms with van der Waals surface area (Å²) in [6.07, 6.45) is 3.16. The molecule has 0 radical (unpaired) electrons. The summed E-state index contributed by atoms with van der Waals surface area (Å²) >= 11 is 3.27. The van der Waals surface area contributed by atoms with Gasteiger partial charge in [0.2, 0.25) is 0 Å². The summed E-state index contributed by atoms with van der Waals surface area (Å²) in [5, 5.41) is 8.92. The standard InChI is InChI=1S/C11H15BrN2O2/c1-8(2)14(3-4-15)11(16)9-5-10(12)7-13-6-9/h5-8,15H,3-4H2,1-2H3. The van der Waals surface area contributed by atoms with Crippen molar-refractivity contribution in [1.29, 1.82) is 0 Å². The maximum atomic E-state index is 12.1. The molecule has 1 N–H and O–H groups in total. The Labute approximate surface area is 103 Å². The Bertz CT molecular complexity index is 369. The van der Waals surface area contributed by atoms with E-state index in [1.54, 1.807) is 17.2 Å². The molecule has 1 rings (SSSR count). The van der Waals surface area contributed by atoms with Crippen molar-refractivity contribution in [2.75, 3.05) is 13.2 Å². The maximum Gasteiger partial charge on any atom is 0.255 e. The second kappa shape index (κ2) is 5.96. The molecule has 0 saturated heterocycles. The van der Waals surface area contributed by atoms with Crippen molar-refractivity contribution in [2.24, 2.45) is 0 Å². The Kier molecular flexibility index (Phi) is 4.89. The van der Waals surface area contributed by atoms with E-state index in [1.807, 2.05) is 13.8 Å². The molecular weight excluding hydrogens is 272 g/mol. The van der Waals surface area contributed by atoms with E-state index in [0.29, 0.717) is 12.1 Å². The fourth-order valence-electron chi connectivity index (χ4n) is 1.40. The molecule has 0 unspecified atom stereocenters. The van der Waals surface area contributed by atoms with Gasteiger partial charge in [-0.25, -0.2) is 0 Å². The molecule has 0 fully saturated rings. The van der Waals surface area contributed by atoms with Crippen molar-refractivity contribution in [3.05, 3.63) is 28.5 Å². The first kappa shape index (κ1) is 13.1. The average Bonchev–Trinajstić information content (AvgIpc) is 2.24. The summed E-state index contributed by atoms with van der Waals surface area (Å²) in [7, 11) is 0. The molecule has 5 heteroatoms. The van der Waals surface area contributed by atoms with E-state index in [4.69, 9.17) is 5.11 Å². The number of amides is 1. The Balaban J connectivity index is 2.90. The molecule has 1 amide bonds. The highest BCUT2D eigenvalue weighted by Gasteiger charge is 2.18. The minimum Gasteiger partial charge on any atom is -0.395 e. The van der Waals surface area contributed by atoms with Gasteiger partial charge in [0, 0.05) is 29.5 Å². The van der Waals surface area contributed by atoms with Gasteiger partial charge in [-0.3, -0.25) is 9.78 Å². The molecule has 88 valence electrons. The molecule has 0 aliphatic carbocycles. The summed E-state index contributed by atoms with van der Waals surface area (Å²) in [6, 6.07) is 1.78. The number of hydrogen-bond acceptors (Lipinski definition) is 3. The van der Waals surface area contributed by atoms with Crippen molar-refractivity contribution in [3.8, 4) is 0 Å². The van der Waals surface area contributed by atoms with Gasteiger partial charge in [0.05, 0.1) is 12.2 Å². The predicted molar refractivity (Wildman–Crippen MR) is 65.2 cm³/mol. The number of nitrogens with zero attached hydrogens (tertiary/aromatic N) is 2. The minimum absolute atomic E-state index is 0.0364. The summed E-state index contributed by atoms with van der Waals surface area (Å²) in [6.45, 7) is 4.13. The van der Waals surface area contributed by atoms with Crippen LogP contribution in [0.4, 0.5) is 0 Å². The Morgan fingerprint density at radius 2 is 2.25 bits per heavy atom. The first-order valence-electron chi connectivity index (χ1n) is 5.08. The monoisotopic (exact) mass is 286 g/mol. The molecular formula is C11H15BrN2O2. The molecule has 16 heavy (non-hydrogen) atoms. The lowest BCUT2D eigenvalue weighted by Gasteiger charge is -2.25. The highest BCUT2D eigenvalue weighted by Crippen LogP contribution is 2.13. The number of rotatable bonds is 4. The van der Waals surface area contributed by atoms with Gasteiger partial charge in [-0.05, 0) is 35.8 Å². The summed E-state index contributed by atoms with van der Waals surface area (Å²) < 4.78 is 0.769. The molecule has 0 atom stereocenters. The van der Waals surface area contributed by atoms with Crippen LogP contribution in [0.15, 0.2) is 22.9 Å². The second-order valence-electron chi connectivity index (χ2n) is 3.71. The number of aliphatic hydroxyl groups is 1. The zero-order valence-electron chi connectivity index (χ0n) is 9.35. The third-order valence-electron chi connectivity index (χ3n) is 2.18. The summed E-state index contributed by atoms with van der Waals surface area (Å²) in [5.74, 6) is -0.113. The lowest BCUT2D eigenvalue weighted by molar-refractivity contribution is 0.0665. The number of carbonyl (C=O) groups is 1. The molecule has 1 aromatic heterocycles. The van der Waals surface area contributed by atoms with Gasteiger partial charge >= 0.3 is 0 Å². The number of carbonyl (C=O) groups excluding carboxylic acids is 1. The van der Waals surface area contributed by atoms with Crippen molar-refractivity contribution >= 4 is 21.8 Å². The van der Waals surface area contributed by atoms with E-state index in [0.717, 1.165) is 4.47 Å². The zero-order chi connectivity index (χ0) is 12.1. The van der Waals surface area contributed by atoms with E-state index < -0.39 is 0 Å². The normalized spacial score (nSPS) is 10.6. The number of aromatic nitrogens is 1. The second-order valence-corrected chi connectivity index (χ2v) is 4.62. The van der Waals surface area contributed by atoms with Gasteiger partial charge in [0.1, 0.15) is 0 Å². The first-order valence-corrected chi connectivity index (χ1v) is 5.88. The lowest BCUT2D eigenvalue weighted by atomic mass is 10.2. The van der Waals surface area contributed by atoms with Crippen molar-refractivity contribution in [2.45, 2.75) is 19.9 Å². The molecule has 0 bridgehead atoms. The third-order valence-corrected chi connectivity index (χ3v) is 2.61. The fourth-order valence-corrected chi connectivity index (χ4v) is 1.76. The highest BCUT2D eigenvalue weighted by atomic mass is 79.9. The van der Waals surface area contributed by atoms with Crippen LogP contribution in [-0.4, -0.2) is 40.1 Å². The van der Waals surface area contributed by atoms with E-state index in [1.165, 1.54) is 6.20 Å². The van der Waals surface area contributed by atoms with Crippen LogP contribution < -0.4 is 0 Å². The van der Waals surface area contributed by atoms with Gasteiger partial charge in [-0.2, -0.15) is 0 Å². The van der Waals surface area contributed by atoms with Gasteiger partial charge < -0.3 is 10.0 Å². The average molecular weight is 287 g/mol. The van der Waals surface area contributed by atoms with Gasteiger partial charge in [0.15, 0.2) is 0 Å². The van der Waals surface area contributed by atoms with E-state index in [2.05, 4.69) is 20.9 Å². The Morgan fingerprint density at radius 3 is 2.75 bits per heavy atom. The first-order chi connectivity index (χ1) is 7.56. The maximum absolute atomic E-state index is 12.1. The van der Waals surface area contributed by atoms with Crippen LogP contribution in [0.2, 0.25) is 0 Å². The molecule has 1 heterocycles. The topological polar surface area (TPSA) is 53.4 Å². The van der Waals surface area contributed by atoms with Crippen LogP contribution >= 0.6 is 15.9 Å². The van der Waals surface area contributed by atoms with E-state index in [9.17, 15) is 4.79 Å². The van der Waals surface area contributed by atoms with Crippen LogP contribution in [0, 0.1) is 0 Å². The van der Waals surface area contributed by atoms with Crippen LogP contribution in [-0.2, 0) is 0 Å². The van der Waals surface area contributed by atoms with Crippen LogP contribution in [0.1, 0.15) is 24.2 Å². The van der Waals surface area contributed by atoms with Gasteiger partial charge in [0.25, 0.3) is 5.91 Å². The number of hydrogen-bond donors (Lipinski definition) is 1. The molecule has 0 spiro atoms. The molecule has 0 saturated carbocycles. The van der Waals surface area contributed by atoms with Gasteiger partial charge in [-0.1, -0.05) is 0 Å². The number of aliphatic hydroxyl groups excluding tert-OH is 1. The van der Waals surface area contributed by atoms with Crippen molar-refractivity contribution in [3.63, 3.8) is 0 Å². The smallest absolute Gasteiger partial charge is 0.255 e. The molecule has 0 aliphatic rings. The van der Waals surface area contributed by atoms with E-state index in [-0.39, 0.29) is 18.6 Å². The summed E-state index contributed by atoms with van der Waals surface area (Å²) in [4.78, 5) is 17.6. The number of pyridine rings is 1. The molecule has 1 aromatic rings. The molecule has 0 aliphatic heterocycles. The fraction of sp³-hybridized carbons (Fsp3) is 0.455. The summed E-state index contributed by atoms with van der Waals surface area (Å²) in [5.41, 5.74) is 0.525.